The van der Waals surface area contributed by atoms with Gasteiger partial charge in [0.05, 0.1) is 11.1 Å². The topological polar surface area (TPSA) is 96.4 Å². The van der Waals surface area contributed by atoms with Gasteiger partial charge in [-0.3, -0.25) is 9.59 Å². The van der Waals surface area contributed by atoms with Crippen LogP contribution in [0.4, 0.5) is 8.78 Å². The van der Waals surface area contributed by atoms with Crippen LogP contribution in [0.15, 0.2) is 58.4 Å². The van der Waals surface area contributed by atoms with Crippen molar-refractivity contribution < 1.29 is 18.3 Å². The predicted molar refractivity (Wildman–Crippen MR) is 95.1 cm³/mol. The number of hydrazone groups is 1. The van der Waals surface area contributed by atoms with Gasteiger partial charge >= 0.3 is 6.61 Å². The Balaban J connectivity index is 1.78. The molecule has 2 aromatic carbocycles. The number of ether oxygens (including phenoxy) is 1. The molecule has 1 aromatic heterocycles. The summed E-state index contributed by atoms with van der Waals surface area (Å²) in [6.45, 7) is -1.26. The van der Waals surface area contributed by atoms with Crippen LogP contribution < -0.4 is 15.7 Å². The van der Waals surface area contributed by atoms with Gasteiger partial charge in [0, 0.05) is 5.39 Å². The van der Waals surface area contributed by atoms with Crippen molar-refractivity contribution in [1.82, 2.24) is 15.6 Å². The molecule has 0 aliphatic rings. The smallest absolute Gasteiger partial charge is 0.387 e. The van der Waals surface area contributed by atoms with Crippen LogP contribution in [0.2, 0.25) is 0 Å². The number of carbonyl (C=O) groups is 1. The first-order chi connectivity index (χ1) is 13.0. The first-order valence-corrected chi connectivity index (χ1v) is 7.83. The monoisotopic (exact) mass is 372 g/mol. The molecule has 3 aromatic rings. The van der Waals surface area contributed by atoms with E-state index in [0.717, 1.165) is 0 Å². The number of rotatable bonds is 5. The van der Waals surface area contributed by atoms with E-state index in [1.165, 1.54) is 24.3 Å². The van der Waals surface area contributed by atoms with Crippen molar-refractivity contribution in [3.05, 3.63) is 70.1 Å². The van der Waals surface area contributed by atoms with Crippen LogP contribution in [0.25, 0.3) is 10.8 Å². The Bertz CT molecular complexity index is 1060. The van der Waals surface area contributed by atoms with Crippen LogP contribution in [-0.4, -0.2) is 28.4 Å². The van der Waals surface area contributed by atoms with Crippen molar-refractivity contribution in [3.8, 4) is 5.75 Å². The number of halogens is 2. The molecule has 138 valence electrons. The Kier molecular flexibility index (Phi) is 5.20. The molecule has 0 radical (unpaired) electrons. The highest BCUT2D eigenvalue weighted by molar-refractivity contribution is 6.06. The van der Waals surface area contributed by atoms with Crippen molar-refractivity contribution in [3.63, 3.8) is 0 Å². The molecule has 0 aliphatic heterocycles. The number of amides is 1. The zero-order valence-electron chi connectivity index (χ0n) is 14.1. The van der Waals surface area contributed by atoms with Crippen LogP contribution in [0.1, 0.15) is 23.0 Å². The molecule has 2 N–H and O–H groups in total. The van der Waals surface area contributed by atoms with Crippen LogP contribution in [0.3, 0.4) is 0 Å². The Morgan fingerprint density at radius 1 is 1.15 bits per heavy atom. The van der Waals surface area contributed by atoms with Crippen molar-refractivity contribution in [2.45, 2.75) is 13.5 Å². The van der Waals surface area contributed by atoms with Gasteiger partial charge in [0.2, 0.25) is 0 Å². The zero-order valence-corrected chi connectivity index (χ0v) is 14.1. The number of H-pyrrole nitrogens is 1. The second kappa shape index (κ2) is 7.73. The number of nitrogens with one attached hydrogen (secondary N) is 2. The molecule has 3 rings (SSSR count). The van der Waals surface area contributed by atoms with E-state index in [1.807, 2.05) is 0 Å². The molecule has 7 nitrogen and oxygen atoms in total. The summed E-state index contributed by atoms with van der Waals surface area (Å²) in [5.41, 5.74) is 3.06. The second-order valence-corrected chi connectivity index (χ2v) is 5.49. The third-order valence-electron chi connectivity index (χ3n) is 3.73. The van der Waals surface area contributed by atoms with Crippen LogP contribution in [0.5, 0.6) is 5.75 Å². The summed E-state index contributed by atoms with van der Waals surface area (Å²) in [6.07, 6.45) is 0. The molecular weight excluding hydrogens is 358 g/mol. The molecule has 0 unspecified atom stereocenters. The van der Waals surface area contributed by atoms with Crippen LogP contribution in [-0.2, 0) is 0 Å². The molecule has 0 saturated heterocycles. The molecule has 9 heteroatoms. The maximum Gasteiger partial charge on any atom is 0.387 e. The average molecular weight is 372 g/mol. The minimum absolute atomic E-state index is 0.0227. The summed E-state index contributed by atoms with van der Waals surface area (Å²) in [7, 11) is 0. The number of hydrogen-bond donors (Lipinski definition) is 2. The number of nitrogens with zero attached hydrogens (tertiary/aromatic N) is 2. The molecule has 0 bridgehead atoms. The lowest BCUT2D eigenvalue weighted by molar-refractivity contribution is -0.0498. The summed E-state index contributed by atoms with van der Waals surface area (Å²) in [6, 6.07) is 12.4. The van der Waals surface area contributed by atoms with Gasteiger partial charge in [-0.15, -0.1) is 0 Å². The van der Waals surface area contributed by atoms with E-state index in [-0.39, 0.29) is 11.4 Å². The van der Waals surface area contributed by atoms with Gasteiger partial charge in [0.15, 0.2) is 5.69 Å². The number of aromatic nitrogens is 2. The van der Waals surface area contributed by atoms with Gasteiger partial charge in [-0.2, -0.15) is 19.0 Å². The van der Waals surface area contributed by atoms with Crippen molar-refractivity contribution in [2.75, 3.05) is 0 Å². The van der Waals surface area contributed by atoms with Gasteiger partial charge in [-0.1, -0.05) is 18.2 Å². The molecule has 0 aliphatic carbocycles. The number of hydrogen-bond acceptors (Lipinski definition) is 5. The fourth-order valence-electron chi connectivity index (χ4n) is 2.42. The van der Waals surface area contributed by atoms with Crippen molar-refractivity contribution in [1.29, 1.82) is 0 Å². The van der Waals surface area contributed by atoms with Gasteiger partial charge < -0.3 is 4.74 Å². The number of alkyl halides is 2. The van der Waals surface area contributed by atoms with Gasteiger partial charge in [-0.05, 0) is 42.8 Å². The van der Waals surface area contributed by atoms with E-state index in [0.29, 0.717) is 22.0 Å². The first kappa shape index (κ1) is 18.2. The average Bonchev–Trinajstić information content (AvgIpc) is 2.66. The van der Waals surface area contributed by atoms with E-state index in [1.54, 1.807) is 31.2 Å². The zero-order chi connectivity index (χ0) is 19.4. The molecular formula is C18H14F2N4O3. The fraction of sp³-hybridized carbons (Fsp3) is 0.111. The SMILES string of the molecule is C/C(=N/NC(=O)c1n[nH]c(=O)c2ccccc12)c1ccc(OC(F)F)cc1. The van der Waals surface area contributed by atoms with E-state index in [9.17, 15) is 18.4 Å². The minimum atomic E-state index is -2.90. The molecule has 1 amide bonds. The Hall–Kier alpha value is -3.62. The highest BCUT2D eigenvalue weighted by atomic mass is 19.3. The summed E-state index contributed by atoms with van der Waals surface area (Å²) in [5, 5.41) is 10.8. The number of carbonyl (C=O) groups excluding carboxylic acids is 1. The molecule has 0 fully saturated rings. The standard InChI is InChI=1S/C18H14F2N4O3/c1-10(11-6-8-12(9-7-11)27-18(19)20)21-24-17(26)15-13-4-2-3-5-14(13)16(25)23-22-15/h2-9,18H,1H3,(H,23,25)(H,24,26)/b21-10-. The van der Waals surface area contributed by atoms with Gasteiger partial charge in [0.1, 0.15) is 5.75 Å². The largest absolute Gasteiger partial charge is 0.435 e. The van der Waals surface area contributed by atoms with Gasteiger partial charge in [0.25, 0.3) is 11.5 Å². The van der Waals surface area contributed by atoms with Crippen LogP contribution in [0, 0.1) is 0 Å². The molecule has 1 heterocycles. The third-order valence-corrected chi connectivity index (χ3v) is 3.73. The maximum absolute atomic E-state index is 12.4. The van der Waals surface area contributed by atoms with E-state index >= 15 is 0 Å². The van der Waals surface area contributed by atoms with E-state index in [4.69, 9.17) is 0 Å². The maximum atomic E-state index is 12.4. The summed E-state index contributed by atoms with van der Waals surface area (Å²) in [5.74, 6) is -0.575. The fourth-order valence-corrected chi connectivity index (χ4v) is 2.42. The Morgan fingerprint density at radius 2 is 1.81 bits per heavy atom. The lowest BCUT2D eigenvalue weighted by Crippen LogP contribution is -2.23. The number of benzene rings is 2. The summed E-state index contributed by atoms with van der Waals surface area (Å²) in [4.78, 5) is 24.1. The number of fused-ring (bicyclic) bond motifs is 1. The van der Waals surface area contributed by atoms with Crippen molar-refractivity contribution in [2.24, 2.45) is 5.10 Å². The van der Waals surface area contributed by atoms with Crippen LogP contribution >= 0.6 is 0 Å². The number of aromatic amines is 1. The third kappa shape index (κ3) is 4.14. The lowest BCUT2D eigenvalue weighted by atomic mass is 10.1. The predicted octanol–water partition coefficient (Wildman–Crippen LogP) is 2.68. The molecule has 0 spiro atoms. The highest BCUT2D eigenvalue weighted by Gasteiger charge is 2.13. The Morgan fingerprint density at radius 3 is 2.48 bits per heavy atom. The quantitative estimate of drug-likeness (QED) is 0.532. The molecule has 0 saturated carbocycles. The Labute approximate surface area is 151 Å². The summed E-state index contributed by atoms with van der Waals surface area (Å²) >= 11 is 0. The molecule has 0 atom stereocenters. The minimum Gasteiger partial charge on any atom is -0.435 e. The normalized spacial score (nSPS) is 11.6. The van der Waals surface area contributed by atoms with E-state index in [2.05, 4.69) is 25.5 Å². The lowest BCUT2D eigenvalue weighted by Gasteiger charge is -2.06. The van der Waals surface area contributed by atoms with Crippen molar-refractivity contribution >= 4 is 22.4 Å². The molecule has 27 heavy (non-hydrogen) atoms. The van der Waals surface area contributed by atoms with E-state index < -0.39 is 18.1 Å². The second-order valence-electron chi connectivity index (χ2n) is 5.49. The highest BCUT2D eigenvalue weighted by Crippen LogP contribution is 2.15. The summed E-state index contributed by atoms with van der Waals surface area (Å²) < 4.78 is 28.6. The van der Waals surface area contributed by atoms with Gasteiger partial charge in [-0.25, -0.2) is 10.5 Å². The first-order valence-electron chi connectivity index (χ1n) is 7.83.